The number of fused-ring (bicyclic) bond motifs is 1. The number of rotatable bonds is 80. The van der Waals surface area contributed by atoms with Gasteiger partial charge in [0.15, 0.2) is 23.0 Å². The van der Waals surface area contributed by atoms with E-state index in [-0.39, 0.29) is 22.5 Å². The largest absolute Gasteiger partial charge is 0.490 e. The van der Waals surface area contributed by atoms with Crippen molar-refractivity contribution >= 4 is 103 Å². The molecule has 14 nitrogen and oxygen atoms in total. The van der Waals surface area contributed by atoms with Crippen molar-refractivity contribution < 1.29 is 57.1 Å². The molecule has 6 aromatic heterocycles. The Balaban J connectivity index is 0.917. The van der Waals surface area contributed by atoms with Crippen LogP contribution in [-0.2, 0) is 19.1 Å². The van der Waals surface area contributed by atoms with Gasteiger partial charge < -0.3 is 37.9 Å². The molecule has 0 saturated carbocycles. The van der Waals surface area contributed by atoms with Crippen LogP contribution in [0.3, 0.4) is 0 Å². The van der Waals surface area contributed by atoms with Gasteiger partial charge in [-0.3, -0.25) is 9.59 Å². The molecule has 0 unspecified atom stereocenters. The number of carbonyl (C=O) groups is 4. The second kappa shape index (κ2) is 67.8. The number of carbonyl (C=O) groups excluding carboxylic acids is 4. The maximum atomic E-state index is 15.8. The lowest BCUT2D eigenvalue weighted by molar-refractivity contribution is -0.123. The van der Waals surface area contributed by atoms with Gasteiger partial charge in [-0.2, -0.15) is 0 Å². The Morgan fingerprint density at radius 3 is 0.576 bits per heavy atom. The van der Waals surface area contributed by atoms with E-state index < -0.39 is 35.2 Å². The molecule has 8 heterocycles. The third-order valence-corrected chi connectivity index (χ3v) is 34.8. The summed E-state index contributed by atoms with van der Waals surface area (Å²) in [5, 5.41) is 0. The van der Waals surface area contributed by atoms with Crippen LogP contribution in [0.25, 0.3) is 71.3 Å². The number of ether oxygens (including phenoxy) is 8. The van der Waals surface area contributed by atoms with Crippen molar-refractivity contribution in [2.45, 2.75) is 480 Å². The summed E-state index contributed by atoms with van der Waals surface area (Å²) in [4.78, 5) is 74.6. The van der Waals surface area contributed by atoms with Crippen LogP contribution >= 0.6 is 68.0 Å². The van der Waals surface area contributed by atoms with Crippen molar-refractivity contribution in [3.8, 4) is 94.4 Å². The first-order chi connectivity index (χ1) is 70.3. The first kappa shape index (κ1) is 119. The van der Waals surface area contributed by atoms with E-state index >= 15 is 9.59 Å². The predicted octanol–water partition coefficient (Wildman–Crippen LogP) is 41.5. The van der Waals surface area contributed by atoms with Crippen LogP contribution < -0.4 is 28.4 Å². The molecule has 0 N–H and O–H groups in total. The Labute approximate surface area is 894 Å². The predicted molar refractivity (Wildman–Crippen MR) is 617 cm³/mol. The first-order valence-electron chi connectivity index (χ1n) is 57.6. The highest BCUT2D eigenvalue weighted by atomic mass is 32.1. The third-order valence-electron chi connectivity index (χ3n) is 27.4. The fourth-order valence-corrected chi connectivity index (χ4v) is 25.6. The summed E-state index contributed by atoms with van der Waals surface area (Å²) in [5.41, 5.74) is -0.0209. The first-order valence-corrected chi connectivity index (χ1v) is 62.5. The number of thiophene rings is 6. The summed E-state index contributed by atoms with van der Waals surface area (Å²) in [6.07, 6.45) is 73.2. The van der Waals surface area contributed by atoms with Gasteiger partial charge in [-0.15, -0.1) is 68.0 Å². The van der Waals surface area contributed by atoms with Crippen LogP contribution in [0, 0.1) is 0 Å². The van der Waals surface area contributed by atoms with E-state index in [4.69, 9.17) is 37.9 Å². The zero-order chi connectivity index (χ0) is 102. The van der Waals surface area contributed by atoms with Gasteiger partial charge in [-0.25, -0.2) is 19.4 Å². The van der Waals surface area contributed by atoms with E-state index in [1.165, 1.54) is 331 Å². The van der Waals surface area contributed by atoms with E-state index in [0.29, 0.717) is 60.9 Å². The van der Waals surface area contributed by atoms with Crippen molar-refractivity contribution in [3.05, 3.63) is 118 Å². The van der Waals surface area contributed by atoms with Crippen LogP contribution in [0.15, 0.2) is 108 Å². The molecule has 2 aliphatic heterocycles. The average Bonchev–Trinajstić information content (AvgIpc) is 1.54. The summed E-state index contributed by atoms with van der Waals surface area (Å²) < 4.78 is 53.5. The van der Waals surface area contributed by atoms with Gasteiger partial charge >= 0.3 is 12.2 Å². The number of hydrogen-bond donors (Lipinski definition) is 0. The second-order valence-electron chi connectivity index (χ2n) is 42.5. The van der Waals surface area contributed by atoms with Crippen molar-refractivity contribution in [2.24, 2.45) is 0 Å². The monoisotopic (exact) mass is 2090 g/mol. The number of imide groups is 2. The summed E-state index contributed by atoms with van der Waals surface area (Å²) >= 11 is 9.50. The van der Waals surface area contributed by atoms with Crippen molar-refractivity contribution in [1.82, 2.24) is 9.80 Å². The summed E-state index contributed by atoms with van der Waals surface area (Å²) in [7, 11) is 0. The lowest BCUT2D eigenvalue weighted by Crippen LogP contribution is -2.40. The summed E-state index contributed by atoms with van der Waals surface area (Å²) in [6, 6.07) is 33.7. The highest BCUT2D eigenvalue weighted by Gasteiger charge is 2.55. The van der Waals surface area contributed by atoms with Crippen LogP contribution in [0.5, 0.6) is 34.5 Å². The number of benzene rings is 2. The van der Waals surface area contributed by atoms with Gasteiger partial charge in [0.25, 0.3) is 11.8 Å². The van der Waals surface area contributed by atoms with Crippen LogP contribution in [0.4, 0.5) is 9.59 Å². The minimum atomic E-state index is -1.02. The van der Waals surface area contributed by atoms with E-state index in [9.17, 15) is 9.59 Å². The molecule has 8 aromatic rings. The summed E-state index contributed by atoms with van der Waals surface area (Å²) in [6.45, 7) is 27.9. The fourth-order valence-electron chi connectivity index (χ4n) is 19.2. The standard InChI is InChI=1S/C124H184N2O12S6/c1-13-19-25-31-37-43-49-55-61-67-85-131-97-91-95(92-98(132-86-68-62-56-50-44-38-32-26-20-14-2)117(97)135-89-71-65-59-53-47-41-35-29-23-17-5)101-73-75-103(139-101)105-77-79-107(141-105)109-81-83-111(143-109)115-113-114(120(128)125(115)121(129)137-123(7,8)9)116(126(119(113)127)122(130)138-124(10,11)12)112-84-82-110(144-112)108-80-78-106(142-108)104-76-74-102(140-104)96-93-99(133-87-69-63-57-51-45-39-33-27-21-15-3)118(136-90-72-66-60-54-48-42-36-30-24-18-6)100(94-96)134-88-70-64-58-52-46-40-34-28-22-16-4/h73-84,91-94H,13-72,85-90H2,1-12H3. The van der Waals surface area contributed by atoms with Crippen molar-refractivity contribution in [1.29, 1.82) is 0 Å². The molecule has 0 aliphatic carbocycles. The highest BCUT2D eigenvalue weighted by molar-refractivity contribution is 7.28. The smallest absolute Gasteiger partial charge is 0.422 e. The third kappa shape index (κ3) is 40.9. The molecule has 2 aromatic carbocycles. The van der Waals surface area contributed by atoms with Crippen molar-refractivity contribution in [3.63, 3.8) is 0 Å². The lowest BCUT2D eigenvalue weighted by Gasteiger charge is -2.27. The molecule has 20 heteroatoms. The number of amides is 4. The van der Waals surface area contributed by atoms with Gasteiger partial charge in [0.2, 0.25) is 11.5 Å². The molecular formula is C124H184N2O12S6. The second-order valence-corrected chi connectivity index (χ2v) is 49.0. The van der Waals surface area contributed by atoms with E-state index in [2.05, 4.69) is 114 Å². The van der Waals surface area contributed by atoms with Gasteiger partial charge in [0.1, 0.15) is 11.2 Å². The Morgan fingerprint density at radius 1 is 0.222 bits per heavy atom. The molecule has 0 fully saturated rings. The fraction of sp³-hybridized carbons (Fsp3) is 0.645. The Hall–Kier alpha value is -7.20. The molecule has 10 rings (SSSR count). The molecule has 144 heavy (non-hydrogen) atoms. The van der Waals surface area contributed by atoms with Crippen molar-refractivity contribution in [2.75, 3.05) is 39.6 Å². The molecule has 0 atom stereocenters. The van der Waals surface area contributed by atoms with Crippen LogP contribution in [0.2, 0.25) is 0 Å². The SMILES string of the molecule is CCCCCCCCCCCCOc1cc(-c2ccc(-c3ccc(-c4ccc(C5=C6C(=O)N(C(=O)OC(C)(C)C)C(c7ccc(-c8ccc(-c9ccc(-c%10cc(OCCCCCCCCCCCC)c(OCCCCCCCCCCCC)c(OCCCCCCCCCCCC)c%10)s9)s8)s7)=C6C(=O)N5C(=O)OC(C)(C)C)s4)s3)s2)cc(OCCCCCCCCCCCC)c1OCCCCCCCCCCCC. The van der Waals surface area contributed by atoms with Gasteiger partial charge in [-0.05, 0) is 188 Å². The number of nitrogens with zero attached hydrogens (tertiary/aromatic N) is 2. The molecule has 0 spiro atoms. The zero-order valence-electron chi connectivity index (χ0n) is 91.1. The van der Waals surface area contributed by atoms with Crippen LogP contribution in [-0.4, -0.2) is 84.6 Å². The normalized spacial score (nSPS) is 12.9. The quantitative estimate of drug-likeness (QED) is 0.0334. The van der Waals surface area contributed by atoms with Gasteiger partial charge in [-0.1, -0.05) is 388 Å². The average molecular weight is 2090 g/mol. The molecule has 0 saturated heterocycles. The summed E-state index contributed by atoms with van der Waals surface area (Å²) in [5.74, 6) is 2.86. The maximum absolute atomic E-state index is 15.8. The minimum Gasteiger partial charge on any atom is -0.490 e. The highest BCUT2D eigenvalue weighted by Crippen LogP contribution is 2.54. The van der Waals surface area contributed by atoms with E-state index in [1.807, 2.05) is 24.3 Å². The molecule has 4 amide bonds. The zero-order valence-corrected chi connectivity index (χ0v) is 96.0. The van der Waals surface area contributed by atoms with E-state index in [0.717, 1.165) is 170 Å². The minimum absolute atomic E-state index is 0.0581. The van der Waals surface area contributed by atoms with E-state index in [1.54, 1.807) is 86.9 Å². The molecule has 0 radical (unpaired) electrons. The lowest BCUT2D eigenvalue weighted by atomic mass is 10.1. The number of hydrogen-bond acceptors (Lipinski definition) is 18. The molecule has 0 bridgehead atoms. The van der Waals surface area contributed by atoms with Gasteiger partial charge in [0, 0.05) is 48.8 Å². The van der Waals surface area contributed by atoms with Gasteiger partial charge in [0.05, 0.1) is 71.9 Å². The maximum Gasteiger partial charge on any atom is 0.422 e. The Morgan fingerprint density at radius 2 is 0.382 bits per heavy atom. The molecule has 2 aliphatic rings. The van der Waals surface area contributed by atoms with Crippen LogP contribution in [0.1, 0.15) is 478 Å². The molecule has 798 valence electrons. The number of unbranched alkanes of at least 4 members (excludes halogenated alkanes) is 54. The topological polar surface area (TPSA) is 149 Å². The molecular weight excluding hydrogens is 1900 g/mol. The Kier molecular flexibility index (Phi) is 55.9. The Bertz CT molecular complexity index is 4630.